The summed E-state index contributed by atoms with van der Waals surface area (Å²) in [5.74, 6) is 2.26. The average Bonchev–Trinajstić information content (AvgIpc) is 3.44. The predicted molar refractivity (Wildman–Crippen MR) is 127 cm³/mol. The van der Waals surface area contributed by atoms with Gasteiger partial charge < -0.3 is 4.90 Å². The largest absolute Gasteiger partial charge is 0.356 e. The molecule has 3 rings (SSSR count). The minimum atomic E-state index is -2.12. The Balaban J connectivity index is 0.000000443. The topological polar surface area (TPSA) is 32.7 Å². The fourth-order valence-electron chi connectivity index (χ4n) is 3.11. The highest BCUT2D eigenvalue weighted by Crippen LogP contribution is 2.32. The molecule has 1 saturated carbocycles. The summed E-state index contributed by atoms with van der Waals surface area (Å²) in [6, 6.07) is 10.9. The molecule has 1 unspecified atom stereocenters. The summed E-state index contributed by atoms with van der Waals surface area (Å²) in [5.41, 5.74) is 2.97. The number of hydrogen-bond acceptors (Lipinski definition) is 2. The molecular formula is C26H40F2N2O. The first-order valence-electron chi connectivity index (χ1n) is 11.5. The summed E-state index contributed by atoms with van der Waals surface area (Å²) in [6.07, 6.45) is 4.24. The predicted octanol–water partition coefficient (Wildman–Crippen LogP) is 7.59. The zero-order valence-electron chi connectivity index (χ0n) is 20.1. The van der Waals surface area contributed by atoms with E-state index in [1.807, 2.05) is 26.8 Å². The number of hydrogen-bond donors (Lipinski definition) is 0. The molecule has 3 nitrogen and oxygen atoms in total. The second-order valence-electron chi connectivity index (χ2n) is 8.61. The first kappa shape index (κ1) is 27.0. The summed E-state index contributed by atoms with van der Waals surface area (Å²) in [5, 5.41) is 0. The number of rotatable bonds is 6. The molecule has 0 spiro atoms. The maximum atomic E-state index is 12.2. The standard InChI is InChI=1S/C19H26N2O.C4H8.C3H6F2/c1-5-9-17(22)19(14(2)3)20-18-13-12-16(21(18)4)15-10-7-6-8-11-15;1-4-2-3-4;1-2-3(4)5/h6-8,10-11,16H,5,9,12-13H2,1-4H3;4H,2-3H2,1H3;3H,2H2,1H3. The number of allylic oxidation sites excluding steroid dienone is 2. The van der Waals surface area contributed by atoms with Crippen molar-refractivity contribution in [3.8, 4) is 0 Å². The molecule has 174 valence electrons. The van der Waals surface area contributed by atoms with Gasteiger partial charge in [0.2, 0.25) is 6.43 Å². The van der Waals surface area contributed by atoms with Crippen LogP contribution in [0, 0.1) is 5.92 Å². The lowest BCUT2D eigenvalue weighted by molar-refractivity contribution is -0.115. The van der Waals surface area contributed by atoms with Crippen LogP contribution in [0.3, 0.4) is 0 Å². The van der Waals surface area contributed by atoms with Crippen molar-refractivity contribution >= 4 is 11.6 Å². The molecule has 1 atom stereocenters. The Hall–Kier alpha value is -2.04. The van der Waals surface area contributed by atoms with E-state index in [1.165, 1.54) is 25.3 Å². The number of nitrogens with zero attached hydrogens (tertiary/aromatic N) is 2. The van der Waals surface area contributed by atoms with Crippen molar-refractivity contribution in [2.45, 2.75) is 92.0 Å². The molecule has 1 aliphatic carbocycles. The lowest BCUT2D eigenvalue weighted by atomic mass is 10.1. The highest BCUT2D eigenvalue weighted by atomic mass is 19.3. The Labute approximate surface area is 187 Å². The minimum Gasteiger partial charge on any atom is -0.356 e. The first-order chi connectivity index (χ1) is 14.7. The summed E-state index contributed by atoms with van der Waals surface area (Å²) < 4.78 is 21.5. The van der Waals surface area contributed by atoms with E-state index in [4.69, 9.17) is 4.99 Å². The van der Waals surface area contributed by atoms with Gasteiger partial charge in [-0.05, 0) is 43.7 Å². The van der Waals surface area contributed by atoms with Gasteiger partial charge in [0.05, 0.1) is 6.04 Å². The van der Waals surface area contributed by atoms with Crippen LogP contribution >= 0.6 is 0 Å². The number of benzene rings is 1. The summed E-state index contributed by atoms with van der Waals surface area (Å²) in [4.78, 5) is 19.2. The molecule has 0 radical (unpaired) electrons. The number of Topliss-reactive ketones (excluding diaryl/α,β-unsaturated/α-hetero) is 1. The number of amidine groups is 1. The van der Waals surface area contributed by atoms with Crippen LogP contribution < -0.4 is 0 Å². The monoisotopic (exact) mass is 434 g/mol. The van der Waals surface area contributed by atoms with E-state index in [1.54, 1.807) is 0 Å². The van der Waals surface area contributed by atoms with Crippen molar-refractivity contribution in [2.24, 2.45) is 10.9 Å². The van der Waals surface area contributed by atoms with Gasteiger partial charge in [0, 0.05) is 26.3 Å². The lowest BCUT2D eigenvalue weighted by Gasteiger charge is -2.22. The number of likely N-dealkylation sites (tertiary alicyclic amines) is 1. The van der Waals surface area contributed by atoms with Crippen LogP contribution in [-0.2, 0) is 4.79 Å². The van der Waals surface area contributed by atoms with E-state index in [0.29, 0.717) is 18.2 Å². The van der Waals surface area contributed by atoms with Gasteiger partial charge in [-0.25, -0.2) is 13.8 Å². The van der Waals surface area contributed by atoms with Crippen molar-refractivity contribution in [1.82, 2.24) is 4.90 Å². The zero-order valence-corrected chi connectivity index (χ0v) is 20.1. The van der Waals surface area contributed by atoms with Gasteiger partial charge in [-0.1, -0.05) is 63.9 Å². The van der Waals surface area contributed by atoms with Gasteiger partial charge in [0.15, 0.2) is 5.78 Å². The van der Waals surface area contributed by atoms with Crippen molar-refractivity contribution < 1.29 is 13.6 Å². The van der Waals surface area contributed by atoms with Gasteiger partial charge in [-0.15, -0.1) is 0 Å². The molecule has 1 heterocycles. The second kappa shape index (κ2) is 14.1. The number of carbonyl (C=O) groups excluding carboxylic acids is 1. The van der Waals surface area contributed by atoms with Gasteiger partial charge >= 0.3 is 0 Å². The van der Waals surface area contributed by atoms with Crippen LogP contribution in [0.1, 0.15) is 91.2 Å². The number of alkyl halides is 2. The third kappa shape index (κ3) is 10.2. The molecule has 0 aromatic heterocycles. The van der Waals surface area contributed by atoms with Crippen molar-refractivity contribution in [3.63, 3.8) is 0 Å². The Morgan fingerprint density at radius 3 is 2.10 bits per heavy atom. The molecular weight excluding hydrogens is 394 g/mol. The van der Waals surface area contributed by atoms with Crippen LogP contribution in [0.2, 0.25) is 0 Å². The van der Waals surface area contributed by atoms with E-state index >= 15 is 0 Å². The quantitative estimate of drug-likeness (QED) is 0.432. The van der Waals surface area contributed by atoms with E-state index < -0.39 is 6.43 Å². The van der Waals surface area contributed by atoms with Crippen molar-refractivity contribution in [3.05, 3.63) is 47.2 Å². The maximum absolute atomic E-state index is 12.2. The van der Waals surface area contributed by atoms with E-state index in [9.17, 15) is 13.6 Å². The van der Waals surface area contributed by atoms with Crippen LogP contribution in [0.15, 0.2) is 46.6 Å². The highest BCUT2D eigenvalue weighted by Gasteiger charge is 2.28. The van der Waals surface area contributed by atoms with Gasteiger partial charge in [-0.3, -0.25) is 4.79 Å². The Morgan fingerprint density at radius 1 is 1.13 bits per heavy atom. The van der Waals surface area contributed by atoms with E-state index in [2.05, 4.69) is 43.1 Å². The zero-order chi connectivity index (χ0) is 23.4. The van der Waals surface area contributed by atoms with Crippen LogP contribution in [0.25, 0.3) is 0 Å². The maximum Gasteiger partial charge on any atom is 0.238 e. The second-order valence-corrected chi connectivity index (χ2v) is 8.61. The molecule has 1 aromatic carbocycles. The molecule has 5 heteroatoms. The van der Waals surface area contributed by atoms with E-state index in [-0.39, 0.29) is 12.2 Å². The Bertz CT molecular complexity index is 720. The molecule has 0 bridgehead atoms. The molecule has 0 N–H and O–H groups in total. The smallest absolute Gasteiger partial charge is 0.238 e. The molecule has 2 fully saturated rings. The Kier molecular flexibility index (Phi) is 12.3. The number of aliphatic imine (C=N–C) groups is 1. The third-order valence-corrected chi connectivity index (χ3v) is 5.33. The van der Waals surface area contributed by atoms with Gasteiger partial charge in [0.25, 0.3) is 0 Å². The number of ketones is 1. The SMILES string of the molecule is CC1CC1.CCC(F)F.CCCC(=O)C(N=C1CCC(c2ccccc2)N1C)=C(C)C. The van der Waals surface area contributed by atoms with Crippen LogP contribution in [0.5, 0.6) is 0 Å². The fourth-order valence-corrected chi connectivity index (χ4v) is 3.11. The summed E-state index contributed by atoms with van der Waals surface area (Å²) >= 11 is 0. The van der Waals surface area contributed by atoms with Crippen LogP contribution in [0.4, 0.5) is 8.78 Å². The first-order valence-corrected chi connectivity index (χ1v) is 11.5. The Morgan fingerprint density at radius 2 is 1.68 bits per heavy atom. The summed E-state index contributed by atoms with van der Waals surface area (Å²) in [7, 11) is 2.08. The highest BCUT2D eigenvalue weighted by molar-refractivity contribution is 5.99. The number of halogens is 2. The fraction of sp³-hybridized carbons (Fsp3) is 0.615. The lowest BCUT2D eigenvalue weighted by Crippen LogP contribution is -2.23. The molecule has 1 aromatic rings. The number of carbonyl (C=O) groups is 1. The normalized spacial score (nSPS) is 18.8. The molecule has 1 aliphatic heterocycles. The minimum absolute atomic E-state index is 0.0278. The van der Waals surface area contributed by atoms with Gasteiger partial charge in [0.1, 0.15) is 11.5 Å². The van der Waals surface area contributed by atoms with E-state index in [0.717, 1.165) is 36.6 Å². The van der Waals surface area contributed by atoms with Crippen LogP contribution in [-0.4, -0.2) is 30.0 Å². The van der Waals surface area contributed by atoms with Crippen molar-refractivity contribution in [2.75, 3.05) is 7.05 Å². The molecule has 31 heavy (non-hydrogen) atoms. The molecule has 2 aliphatic rings. The molecule has 1 saturated heterocycles. The van der Waals surface area contributed by atoms with Crippen molar-refractivity contribution in [1.29, 1.82) is 0 Å². The average molecular weight is 435 g/mol. The molecule has 0 amide bonds. The summed E-state index contributed by atoms with van der Waals surface area (Å²) in [6.45, 7) is 9.69. The third-order valence-electron chi connectivity index (χ3n) is 5.33. The van der Waals surface area contributed by atoms with Gasteiger partial charge in [-0.2, -0.15) is 0 Å².